The molecule has 8 heterocycles. The molecular weight excluding hydrogens is 1200 g/mol. The molecule has 1 aliphatic rings. The Morgan fingerprint density at radius 3 is 1.26 bits per heavy atom. The number of hydrogen-bond acceptors (Lipinski definition) is 17. The molecule has 0 unspecified atom stereocenters. The number of hydrogen-bond donors (Lipinski definition) is 4. The van der Waals surface area contributed by atoms with Gasteiger partial charge in [0.25, 0.3) is 16.7 Å². The van der Waals surface area contributed by atoms with Gasteiger partial charge in [-0.15, -0.1) is 0 Å². The Bertz CT molecular complexity index is 4930. The largest absolute Gasteiger partial charge is 0.369 e. The van der Waals surface area contributed by atoms with Gasteiger partial charge < -0.3 is 26.2 Å². The summed E-state index contributed by atoms with van der Waals surface area (Å²) in [4.78, 5) is 72.0. The number of pyridine rings is 4. The Labute approximate surface area is 519 Å². The predicted molar refractivity (Wildman–Crippen MR) is 351 cm³/mol. The predicted octanol–water partition coefficient (Wildman–Crippen LogP) is 11.4. The number of rotatable bonds is 11. The smallest absolute Gasteiger partial charge is 0.259 e. The zero-order valence-electron chi connectivity index (χ0n) is 47.7. The number of halogens is 3. The minimum Gasteiger partial charge on any atom is -0.369 e. The van der Waals surface area contributed by atoms with Gasteiger partial charge in [0.05, 0.1) is 16.8 Å². The first-order chi connectivity index (χ1) is 42.5. The van der Waals surface area contributed by atoms with Crippen molar-refractivity contribution in [3.05, 3.63) is 229 Å². The van der Waals surface area contributed by atoms with Crippen molar-refractivity contribution in [2.24, 2.45) is 21.1 Å². The number of nitrogens with one attached hydrogen (secondary N) is 4. The van der Waals surface area contributed by atoms with Gasteiger partial charge in [-0.05, 0) is 84.9 Å². The summed E-state index contributed by atoms with van der Waals surface area (Å²) >= 11 is 18.8. The molecule has 0 aliphatic carbocycles. The van der Waals surface area contributed by atoms with Gasteiger partial charge in [-0.3, -0.25) is 33.1 Å². The summed E-state index contributed by atoms with van der Waals surface area (Å²) in [5.41, 5.74) is 7.85. The second kappa shape index (κ2) is 26.0. The van der Waals surface area contributed by atoms with Gasteiger partial charge in [0.1, 0.15) is 16.9 Å². The fourth-order valence-corrected chi connectivity index (χ4v) is 11.2. The van der Waals surface area contributed by atoms with Crippen molar-refractivity contribution in [2.45, 2.75) is 4.90 Å². The van der Waals surface area contributed by atoms with Crippen LogP contribution in [0.15, 0.2) is 202 Å². The maximum absolute atomic E-state index is 13.0. The van der Waals surface area contributed by atoms with Crippen molar-refractivity contribution in [2.75, 3.05) is 53.3 Å². The first-order valence-electron chi connectivity index (χ1n) is 27.4. The lowest BCUT2D eigenvalue weighted by atomic mass is 10.1. The lowest BCUT2D eigenvalue weighted by molar-refractivity contribution is 0.589. The van der Waals surface area contributed by atoms with Crippen LogP contribution in [0.3, 0.4) is 0 Å². The van der Waals surface area contributed by atoms with Gasteiger partial charge >= 0.3 is 0 Å². The maximum atomic E-state index is 13.0. The highest BCUT2D eigenvalue weighted by atomic mass is 35.5. The molecule has 20 nitrogen and oxygen atoms in total. The van der Waals surface area contributed by atoms with Crippen LogP contribution in [0.1, 0.15) is 0 Å². The standard InChI is InChI=1S/C24H23ClN6O.C21H17ClN4O3S.C19H14ClN5O/c1-30-22-16(13-20(23(30)32)19-7-2-3-8-21(19)25)15-27-24(29-22)28-17-5-4-6-18(14-17)31-11-9-26-10-12-31;1-26-19-13(10-17(20(26)27)16-8-3-4-9-18(16)22)12-23-21(25-19)24-14-6-5-7-15(11-14)30(2,28)29;1-25-17-12(9-15(18(25)26)14-6-2-3-7-16(14)20)10-22-19(24-17)23-13-5-4-8-21-11-13/h2-8,13-15,26H,9-12H2,1H3,(H,27,28,29);3-12H,1-2H3,(H,23,24,25);2-11H,1H3,(H,22,23,24). The summed E-state index contributed by atoms with van der Waals surface area (Å²) < 4.78 is 28.0. The molecule has 13 rings (SSSR count). The van der Waals surface area contributed by atoms with E-state index in [0.717, 1.165) is 60.3 Å². The van der Waals surface area contributed by atoms with Crippen molar-refractivity contribution < 1.29 is 8.42 Å². The third-order valence-corrected chi connectivity index (χ3v) is 16.5. The van der Waals surface area contributed by atoms with Crippen molar-refractivity contribution in [3.8, 4) is 33.4 Å². The molecule has 4 N–H and O–H groups in total. The van der Waals surface area contributed by atoms with E-state index in [4.69, 9.17) is 34.8 Å². The lowest BCUT2D eigenvalue weighted by Gasteiger charge is -2.29. The van der Waals surface area contributed by atoms with E-state index < -0.39 is 9.84 Å². The van der Waals surface area contributed by atoms with Gasteiger partial charge in [-0.1, -0.05) is 102 Å². The quantitative estimate of drug-likeness (QED) is 0.0941. The van der Waals surface area contributed by atoms with E-state index in [2.05, 4.69) is 73.2 Å². The summed E-state index contributed by atoms with van der Waals surface area (Å²) in [5.74, 6) is 1.08. The first-order valence-corrected chi connectivity index (χ1v) is 30.4. The Morgan fingerprint density at radius 2 is 0.852 bits per heavy atom. The van der Waals surface area contributed by atoms with Gasteiger partial charge in [-0.2, -0.15) is 15.0 Å². The number of anilines is 7. The average Bonchev–Trinajstić information content (AvgIpc) is 1.15. The molecule has 24 heteroatoms. The van der Waals surface area contributed by atoms with Crippen LogP contribution in [0.25, 0.3) is 66.5 Å². The van der Waals surface area contributed by atoms with Gasteiger partial charge in [0.2, 0.25) is 17.8 Å². The van der Waals surface area contributed by atoms with Crippen LogP contribution in [-0.2, 0) is 31.0 Å². The molecule has 0 saturated carbocycles. The van der Waals surface area contributed by atoms with Gasteiger partial charge in [0.15, 0.2) is 9.84 Å². The van der Waals surface area contributed by atoms with E-state index in [0.29, 0.717) is 88.4 Å². The topological polar surface area (TPSA) is 242 Å². The second-order valence-corrected chi connectivity index (χ2v) is 23.6. The molecule has 0 radical (unpaired) electrons. The number of aromatic nitrogens is 10. The highest BCUT2D eigenvalue weighted by Gasteiger charge is 2.18. The second-order valence-electron chi connectivity index (χ2n) is 20.3. The number of benzene rings is 5. The normalized spacial score (nSPS) is 12.2. The summed E-state index contributed by atoms with van der Waals surface area (Å²) in [5, 5.41) is 16.4. The number of aryl methyl sites for hydroxylation is 3. The van der Waals surface area contributed by atoms with Gasteiger partial charge in [0, 0.05) is 160 Å². The third-order valence-electron chi connectivity index (χ3n) is 14.4. The molecule has 1 aliphatic heterocycles. The van der Waals surface area contributed by atoms with Crippen LogP contribution >= 0.6 is 34.8 Å². The van der Waals surface area contributed by atoms with Crippen LogP contribution in [0.2, 0.25) is 15.1 Å². The van der Waals surface area contributed by atoms with E-state index >= 15 is 0 Å². The van der Waals surface area contributed by atoms with Crippen LogP contribution in [0.5, 0.6) is 0 Å². The number of sulfone groups is 1. The minimum atomic E-state index is -3.34. The van der Waals surface area contributed by atoms with Crippen LogP contribution in [0.4, 0.5) is 40.6 Å². The Morgan fingerprint density at radius 1 is 0.455 bits per heavy atom. The molecule has 0 spiro atoms. The first kappa shape index (κ1) is 59.8. The van der Waals surface area contributed by atoms with E-state index in [9.17, 15) is 22.8 Å². The van der Waals surface area contributed by atoms with E-state index in [1.165, 1.54) is 25.8 Å². The van der Waals surface area contributed by atoms with E-state index in [1.807, 2.05) is 66.7 Å². The number of piperazine rings is 1. The van der Waals surface area contributed by atoms with Crippen LogP contribution in [0, 0.1) is 0 Å². The van der Waals surface area contributed by atoms with Gasteiger partial charge in [-0.25, -0.2) is 23.4 Å². The van der Waals surface area contributed by atoms with Crippen molar-refractivity contribution in [1.29, 1.82) is 0 Å². The highest BCUT2D eigenvalue weighted by molar-refractivity contribution is 7.90. The summed E-state index contributed by atoms with van der Waals surface area (Å²) in [6.45, 7) is 3.92. The zero-order chi connectivity index (χ0) is 61.6. The molecular formula is C64H54Cl3N15O5S. The van der Waals surface area contributed by atoms with Crippen LogP contribution < -0.4 is 42.8 Å². The summed E-state index contributed by atoms with van der Waals surface area (Å²) in [7, 11) is 1.70. The number of fused-ring (bicyclic) bond motifs is 3. The minimum absolute atomic E-state index is 0.157. The molecule has 0 amide bonds. The molecule has 5 aromatic carbocycles. The lowest BCUT2D eigenvalue weighted by Crippen LogP contribution is -2.43. The summed E-state index contributed by atoms with van der Waals surface area (Å²) in [6, 6.07) is 45.3. The van der Waals surface area contributed by atoms with Crippen molar-refractivity contribution in [1.82, 2.24) is 53.9 Å². The Balaban J connectivity index is 0.000000137. The maximum Gasteiger partial charge on any atom is 0.259 e. The molecule has 7 aromatic heterocycles. The monoisotopic (exact) mass is 1250 g/mol. The molecule has 88 heavy (non-hydrogen) atoms. The number of nitrogens with zero attached hydrogens (tertiary/aromatic N) is 11. The van der Waals surface area contributed by atoms with E-state index in [-0.39, 0.29) is 27.5 Å². The highest BCUT2D eigenvalue weighted by Crippen LogP contribution is 2.31. The molecule has 1 saturated heterocycles. The average molecular weight is 1250 g/mol. The molecule has 1 fully saturated rings. The fraction of sp³-hybridized carbons (Fsp3) is 0.125. The molecule has 442 valence electrons. The zero-order valence-corrected chi connectivity index (χ0v) is 50.7. The molecule has 12 aromatic rings. The third kappa shape index (κ3) is 13.2. The Hall–Kier alpha value is -9.90. The van der Waals surface area contributed by atoms with Crippen molar-refractivity contribution in [3.63, 3.8) is 0 Å². The fourth-order valence-electron chi connectivity index (χ4n) is 9.87. The van der Waals surface area contributed by atoms with Crippen molar-refractivity contribution >= 4 is 118 Å². The summed E-state index contributed by atoms with van der Waals surface area (Å²) in [6.07, 6.45) is 9.51. The molecule has 0 bridgehead atoms. The van der Waals surface area contributed by atoms with E-state index in [1.54, 1.807) is 113 Å². The van der Waals surface area contributed by atoms with Crippen LogP contribution in [-0.4, -0.2) is 89.4 Å². The Kier molecular flexibility index (Phi) is 17.7. The molecule has 0 atom stereocenters. The SMILES string of the molecule is Cn1c(=O)c(-c2ccccc2Cl)cc2cnc(Nc3cccc(N4CCNCC4)c3)nc21.Cn1c(=O)c(-c2ccccc2Cl)cc2cnc(Nc3cccc(S(C)(=O)=O)c3)nc21.Cn1c(=O)c(-c2ccccc2Cl)cc2cnc(Nc3cccnc3)nc21.